The monoisotopic (exact) mass is 1440 g/mol. The molecule has 12 rings (SSSR count). The molecule has 6 aromatic rings. The molecule has 99 heavy (non-hydrogen) atoms. The number of likely N-dealkylation sites (tertiary alicyclic amines) is 3. The number of amides is 1. The Morgan fingerprint density at radius 3 is 1.09 bits per heavy atom. The predicted molar refractivity (Wildman–Crippen MR) is 375 cm³/mol. The molecule has 6 aliphatic heterocycles. The van der Waals surface area contributed by atoms with Gasteiger partial charge in [-0.05, 0) is 162 Å². The van der Waals surface area contributed by atoms with Crippen molar-refractivity contribution in [3.8, 4) is 17.6 Å². The number of aromatic nitrogens is 6. The third-order valence-corrected chi connectivity index (χ3v) is 18.5. The lowest BCUT2D eigenvalue weighted by molar-refractivity contribution is -0.156. The second-order valence-electron chi connectivity index (χ2n) is 25.7. The SMILES string of the molecule is CC(F)(F)C(=O)N1CCC(COc2nc(Nc3ccc(N4CCOCC4)cc3)ncc2Cl)CC1.CC(F)(F)CN1CCC(COc2nc(Nc3ccc(N4CCOCC4)cc3)ncc2Cl)CC1.CC(F)CN1CCC(COc2nc(Nc3ccc(N4CCOCC4)cc3)ncc2Cl)CC1. The summed E-state index contributed by atoms with van der Waals surface area (Å²) in [5.41, 5.74) is 6.04. The highest BCUT2D eigenvalue weighted by atomic mass is 35.5. The van der Waals surface area contributed by atoms with Crippen molar-refractivity contribution in [1.82, 2.24) is 44.6 Å². The zero-order valence-corrected chi connectivity index (χ0v) is 58.5. The van der Waals surface area contributed by atoms with Crippen LogP contribution in [0, 0.1) is 17.8 Å². The van der Waals surface area contributed by atoms with Crippen LogP contribution in [-0.4, -0.2) is 220 Å². The highest BCUT2D eigenvalue weighted by Crippen LogP contribution is 2.32. The van der Waals surface area contributed by atoms with Gasteiger partial charge in [-0.1, -0.05) is 34.8 Å². The molecule has 1 amide bonds. The lowest BCUT2D eigenvalue weighted by Crippen LogP contribution is -2.46. The molecule has 3 aromatic heterocycles. The van der Waals surface area contributed by atoms with Gasteiger partial charge >= 0.3 is 5.92 Å². The first-order chi connectivity index (χ1) is 47.7. The van der Waals surface area contributed by atoms with E-state index in [-0.39, 0.29) is 42.4 Å². The predicted octanol–water partition coefficient (Wildman–Crippen LogP) is 12.6. The van der Waals surface area contributed by atoms with Gasteiger partial charge in [-0.3, -0.25) is 9.69 Å². The zero-order valence-electron chi connectivity index (χ0n) is 56.2. The number of hydrogen-bond acceptors (Lipinski definition) is 21. The lowest BCUT2D eigenvalue weighted by atomic mass is 9.97. The first-order valence-electron chi connectivity index (χ1n) is 33.9. The molecule has 6 fully saturated rings. The number of carbonyl (C=O) groups excluding carboxylic acids is 1. The van der Waals surface area contributed by atoms with Crippen molar-refractivity contribution in [2.24, 2.45) is 17.8 Å². The summed E-state index contributed by atoms with van der Waals surface area (Å²) in [6, 6.07) is 24.2. The Morgan fingerprint density at radius 2 is 0.798 bits per heavy atom. The van der Waals surface area contributed by atoms with Gasteiger partial charge in [-0.15, -0.1) is 0 Å². The third-order valence-electron chi connectivity index (χ3n) is 17.7. The van der Waals surface area contributed by atoms with Gasteiger partial charge in [0.05, 0.1) is 84.6 Å². The topological polar surface area (TPSA) is 205 Å². The second kappa shape index (κ2) is 36.5. The summed E-state index contributed by atoms with van der Waals surface area (Å²) in [4.78, 5) is 49.8. The van der Waals surface area contributed by atoms with Crippen molar-refractivity contribution >= 4 is 92.7 Å². The van der Waals surface area contributed by atoms with Crippen LogP contribution in [0.4, 0.5) is 73.9 Å². The van der Waals surface area contributed by atoms with Crippen LogP contribution in [-0.2, 0) is 19.0 Å². The van der Waals surface area contributed by atoms with Crippen LogP contribution < -0.4 is 44.9 Å². The maximum Gasteiger partial charge on any atom is 0.322 e. The summed E-state index contributed by atoms with van der Waals surface area (Å²) in [6.45, 7) is 18.3. The first kappa shape index (κ1) is 74.6. The van der Waals surface area contributed by atoms with Crippen LogP contribution in [0.15, 0.2) is 91.4 Å². The molecular weight excluding hydrogens is 1350 g/mol. The molecule has 0 radical (unpaired) electrons. The normalized spacial score (nSPS) is 18.3. The Labute approximate surface area is 590 Å². The van der Waals surface area contributed by atoms with Gasteiger partial charge in [0.25, 0.3) is 11.8 Å². The summed E-state index contributed by atoms with van der Waals surface area (Å²) < 4.78 is 100.0. The molecule has 30 heteroatoms. The lowest BCUT2D eigenvalue weighted by Gasteiger charge is -2.33. The van der Waals surface area contributed by atoms with Crippen LogP contribution in [0.3, 0.4) is 0 Å². The van der Waals surface area contributed by atoms with Crippen molar-refractivity contribution < 1.29 is 55.2 Å². The maximum absolute atomic E-state index is 13.3. The number of alkyl halides is 5. The summed E-state index contributed by atoms with van der Waals surface area (Å²) in [6.07, 6.45) is 8.48. The van der Waals surface area contributed by atoms with E-state index < -0.39 is 23.9 Å². The molecule has 22 nitrogen and oxygen atoms in total. The van der Waals surface area contributed by atoms with Crippen LogP contribution in [0.2, 0.25) is 15.1 Å². The molecule has 0 saturated carbocycles. The highest BCUT2D eigenvalue weighted by molar-refractivity contribution is 6.32. The van der Waals surface area contributed by atoms with Crippen LogP contribution in [0.1, 0.15) is 59.3 Å². The average molecular weight is 1440 g/mol. The van der Waals surface area contributed by atoms with Gasteiger partial charge in [0.1, 0.15) is 21.2 Å². The van der Waals surface area contributed by atoms with Crippen molar-refractivity contribution in [3.05, 3.63) is 106 Å². The molecule has 0 bridgehead atoms. The summed E-state index contributed by atoms with van der Waals surface area (Å²) >= 11 is 18.7. The number of piperidine rings is 3. The van der Waals surface area contributed by atoms with Crippen molar-refractivity contribution in [2.45, 2.75) is 77.3 Å². The molecule has 0 spiro atoms. The Hall–Kier alpha value is -7.11. The maximum atomic E-state index is 13.3. The number of nitrogens with zero attached hydrogens (tertiary/aromatic N) is 12. The molecule has 1 unspecified atom stereocenters. The van der Waals surface area contributed by atoms with E-state index in [2.05, 4.69) is 89.7 Å². The van der Waals surface area contributed by atoms with Gasteiger partial charge in [0.15, 0.2) is 0 Å². The summed E-state index contributed by atoms with van der Waals surface area (Å²) in [5.74, 6) is -4.18. The number of carbonyl (C=O) groups is 1. The molecule has 9 heterocycles. The van der Waals surface area contributed by atoms with E-state index in [1.807, 2.05) is 48.5 Å². The van der Waals surface area contributed by atoms with Gasteiger partial charge in [0.2, 0.25) is 35.5 Å². The van der Waals surface area contributed by atoms with Gasteiger partial charge in [0, 0.05) is 107 Å². The number of morpholine rings is 3. The highest BCUT2D eigenvalue weighted by Gasteiger charge is 2.38. The van der Waals surface area contributed by atoms with Crippen molar-refractivity contribution in [1.29, 1.82) is 0 Å². The first-order valence-corrected chi connectivity index (χ1v) is 35.0. The van der Waals surface area contributed by atoms with E-state index in [4.69, 9.17) is 63.2 Å². The van der Waals surface area contributed by atoms with Crippen molar-refractivity contribution in [3.63, 3.8) is 0 Å². The molecule has 3 N–H and O–H groups in total. The van der Waals surface area contributed by atoms with Gasteiger partial charge in [-0.2, -0.15) is 23.7 Å². The zero-order chi connectivity index (χ0) is 69.7. The summed E-state index contributed by atoms with van der Waals surface area (Å²) in [5, 5.41) is 10.6. The minimum absolute atomic E-state index is 0.115. The Balaban J connectivity index is 0.000000161. The van der Waals surface area contributed by atoms with Gasteiger partial charge < -0.3 is 68.9 Å². The number of ether oxygens (including phenoxy) is 6. The molecule has 6 saturated heterocycles. The smallest absolute Gasteiger partial charge is 0.322 e. The molecule has 1 atom stereocenters. The minimum atomic E-state index is -3.34. The Kier molecular flexibility index (Phi) is 27.5. The molecule has 6 aliphatic rings. The Morgan fingerprint density at radius 1 is 0.495 bits per heavy atom. The number of anilines is 9. The van der Waals surface area contributed by atoms with Crippen LogP contribution in [0.25, 0.3) is 0 Å². The fourth-order valence-corrected chi connectivity index (χ4v) is 12.7. The number of nitrogens with one attached hydrogen (secondary N) is 3. The van der Waals surface area contributed by atoms with Crippen LogP contribution in [0.5, 0.6) is 17.6 Å². The average Bonchev–Trinajstić information content (AvgIpc) is 0.923. The van der Waals surface area contributed by atoms with Gasteiger partial charge in [-0.25, -0.2) is 28.1 Å². The number of hydrogen-bond donors (Lipinski definition) is 3. The number of rotatable bonds is 23. The fourth-order valence-electron chi connectivity index (χ4n) is 12.2. The van der Waals surface area contributed by atoms with Crippen molar-refractivity contribution in [2.75, 3.05) is 182 Å². The minimum Gasteiger partial charge on any atom is -0.476 e. The molecule has 538 valence electrons. The summed E-state index contributed by atoms with van der Waals surface area (Å²) in [7, 11) is 0. The molecule has 0 aliphatic carbocycles. The quantitative estimate of drug-likeness (QED) is 0.0510. The van der Waals surface area contributed by atoms with Crippen LogP contribution >= 0.6 is 34.8 Å². The largest absolute Gasteiger partial charge is 0.476 e. The van der Waals surface area contributed by atoms with E-state index in [9.17, 15) is 26.7 Å². The number of benzene rings is 3. The van der Waals surface area contributed by atoms with E-state index in [1.54, 1.807) is 18.0 Å². The standard InChI is InChI=1S/C23H28ClF2N5O3.C23H30ClF2N5O2.C23H31ClFN5O2/c1-23(25,26)21(32)31-8-6-16(7-9-31)15-34-20-19(24)14-27-22(29-20)28-17-2-4-18(5-3-17)30-10-12-33-13-11-30;1-23(25,26)16-30-8-6-17(7-9-30)15-33-21-20(24)14-27-22(29-21)28-18-2-4-19(5-3-18)31-10-12-32-13-11-31;1-17(25)15-29-8-6-18(7-9-29)16-32-22-21(24)14-26-23(28-22)27-19-2-4-20(5-3-19)30-10-12-31-13-11-30/h2-5,14,16H,6-13,15H2,1H3,(H,27,28,29);2-5,14,17H,6-13,15-16H2,1H3,(H,27,28,29);2-5,14,17-18H,6-13,15-16H2,1H3,(H,26,27,28). The molecular formula is C69H89Cl3F5N15O7. The number of halogens is 8. The fraction of sp³-hybridized carbons (Fsp3) is 0.551. The second-order valence-corrected chi connectivity index (χ2v) is 26.9. The molecule has 3 aromatic carbocycles. The van der Waals surface area contributed by atoms with E-state index in [0.717, 1.165) is 153 Å². The van der Waals surface area contributed by atoms with E-state index in [1.165, 1.54) is 23.0 Å². The Bertz CT molecular complexity index is 3440. The van der Waals surface area contributed by atoms with E-state index >= 15 is 0 Å². The van der Waals surface area contributed by atoms with E-state index in [0.29, 0.717) is 105 Å². The third kappa shape index (κ3) is 23.8.